The lowest BCUT2D eigenvalue weighted by Crippen LogP contribution is -2.21. The standard InChI is InChI=1S/C8H10ClNO2/c1-5(11)10-6-2-3-8(12)7(9)4-6/h2,4,8,12H,3H2,1H3,(H,10,11). The molecule has 0 aromatic carbocycles. The van der Waals surface area contributed by atoms with E-state index < -0.39 is 6.10 Å². The first-order valence-corrected chi connectivity index (χ1v) is 4.00. The molecule has 0 aromatic heterocycles. The van der Waals surface area contributed by atoms with Gasteiger partial charge in [0.25, 0.3) is 0 Å². The van der Waals surface area contributed by atoms with Gasteiger partial charge in [-0.05, 0) is 12.5 Å². The van der Waals surface area contributed by atoms with Gasteiger partial charge in [-0.15, -0.1) is 0 Å². The highest BCUT2D eigenvalue weighted by molar-refractivity contribution is 6.30. The number of carbonyl (C=O) groups excluding carboxylic acids is 1. The van der Waals surface area contributed by atoms with Crippen LogP contribution in [0.4, 0.5) is 0 Å². The second-order valence-electron chi connectivity index (χ2n) is 2.62. The van der Waals surface area contributed by atoms with Crippen molar-refractivity contribution in [3.63, 3.8) is 0 Å². The third-order valence-electron chi connectivity index (χ3n) is 1.49. The number of rotatable bonds is 1. The number of halogens is 1. The molecule has 12 heavy (non-hydrogen) atoms. The topological polar surface area (TPSA) is 49.3 Å². The Kier molecular flexibility index (Phi) is 2.89. The fraction of sp³-hybridized carbons (Fsp3) is 0.375. The van der Waals surface area contributed by atoms with E-state index in [9.17, 15) is 9.90 Å². The molecule has 1 aliphatic carbocycles. The lowest BCUT2D eigenvalue weighted by atomic mass is 10.1. The molecule has 1 aliphatic rings. The molecule has 1 amide bonds. The third kappa shape index (κ3) is 2.36. The van der Waals surface area contributed by atoms with Crippen LogP contribution in [0.3, 0.4) is 0 Å². The number of aliphatic hydroxyl groups is 1. The number of hydrogen-bond acceptors (Lipinski definition) is 2. The molecule has 1 atom stereocenters. The van der Waals surface area contributed by atoms with E-state index in [1.54, 1.807) is 12.2 Å². The van der Waals surface area contributed by atoms with Crippen molar-refractivity contribution in [3.8, 4) is 0 Å². The third-order valence-corrected chi connectivity index (χ3v) is 1.85. The fourth-order valence-electron chi connectivity index (χ4n) is 0.945. The molecule has 0 aromatic rings. The minimum absolute atomic E-state index is 0.140. The molecule has 0 fully saturated rings. The predicted molar refractivity (Wildman–Crippen MR) is 46.5 cm³/mol. The molecule has 66 valence electrons. The number of hydrogen-bond donors (Lipinski definition) is 2. The van der Waals surface area contributed by atoms with E-state index >= 15 is 0 Å². The average Bonchev–Trinajstić information content (AvgIpc) is 1.96. The van der Waals surface area contributed by atoms with E-state index in [0.717, 1.165) is 0 Å². The first-order valence-electron chi connectivity index (χ1n) is 3.62. The molecule has 0 bridgehead atoms. The van der Waals surface area contributed by atoms with E-state index in [1.807, 2.05) is 0 Å². The number of allylic oxidation sites excluding steroid dienone is 1. The van der Waals surface area contributed by atoms with Gasteiger partial charge in [0.05, 0.1) is 6.10 Å². The van der Waals surface area contributed by atoms with E-state index in [2.05, 4.69) is 5.32 Å². The zero-order chi connectivity index (χ0) is 9.14. The van der Waals surface area contributed by atoms with Gasteiger partial charge in [-0.1, -0.05) is 17.7 Å². The summed E-state index contributed by atoms with van der Waals surface area (Å²) in [4.78, 5) is 10.6. The molecule has 0 heterocycles. The van der Waals surface area contributed by atoms with Crippen LogP contribution in [0.2, 0.25) is 0 Å². The van der Waals surface area contributed by atoms with Gasteiger partial charge in [0.1, 0.15) is 0 Å². The molecule has 1 rings (SSSR count). The summed E-state index contributed by atoms with van der Waals surface area (Å²) in [7, 11) is 0. The molecule has 0 saturated heterocycles. The normalized spacial score (nSPS) is 22.8. The Bertz CT molecular complexity index is 258. The van der Waals surface area contributed by atoms with Gasteiger partial charge in [-0.25, -0.2) is 0 Å². The molecule has 0 radical (unpaired) electrons. The summed E-state index contributed by atoms with van der Waals surface area (Å²) in [5.74, 6) is -0.140. The van der Waals surface area contributed by atoms with Crippen LogP contribution in [-0.4, -0.2) is 17.1 Å². The van der Waals surface area contributed by atoms with E-state index in [1.165, 1.54) is 6.92 Å². The Hall–Kier alpha value is -0.800. The monoisotopic (exact) mass is 187 g/mol. The van der Waals surface area contributed by atoms with Crippen molar-refractivity contribution in [2.45, 2.75) is 19.4 Å². The van der Waals surface area contributed by atoms with E-state index in [0.29, 0.717) is 17.2 Å². The maximum atomic E-state index is 10.6. The maximum absolute atomic E-state index is 10.6. The molecule has 0 spiro atoms. The Labute approximate surface area is 75.7 Å². The van der Waals surface area contributed by atoms with Crippen molar-refractivity contribution in [3.05, 3.63) is 22.9 Å². The van der Waals surface area contributed by atoms with Crippen LogP contribution in [-0.2, 0) is 4.79 Å². The largest absolute Gasteiger partial charge is 0.387 e. The summed E-state index contributed by atoms with van der Waals surface area (Å²) in [6.45, 7) is 1.42. The lowest BCUT2D eigenvalue weighted by molar-refractivity contribution is -0.118. The average molecular weight is 188 g/mol. The highest BCUT2D eigenvalue weighted by Crippen LogP contribution is 2.19. The molecular weight excluding hydrogens is 178 g/mol. The first kappa shape index (κ1) is 9.29. The van der Waals surface area contributed by atoms with Crippen LogP contribution >= 0.6 is 11.6 Å². The van der Waals surface area contributed by atoms with Crippen molar-refractivity contribution in [1.82, 2.24) is 5.32 Å². The van der Waals surface area contributed by atoms with E-state index in [4.69, 9.17) is 11.6 Å². The molecule has 0 aliphatic heterocycles. The van der Waals surface area contributed by atoms with Crippen molar-refractivity contribution in [1.29, 1.82) is 0 Å². The molecule has 1 unspecified atom stereocenters. The number of aliphatic hydroxyl groups excluding tert-OH is 1. The fourth-order valence-corrected chi connectivity index (χ4v) is 1.15. The van der Waals surface area contributed by atoms with Crippen molar-refractivity contribution < 1.29 is 9.90 Å². The van der Waals surface area contributed by atoms with Crippen LogP contribution in [0.5, 0.6) is 0 Å². The van der Waals surface area contributed by atoms with Gasteiger partial charge in [0.15, 0.2) is 0 Å². The molecule has 0 saturated carbocycles. The van der Waals surface area contributed by atoms with Crippen molar-refractivity contribution >= 4 is 17.5 Å². The molecule has 4 heteroatoms. The summed E-state index contributed by atoms with van der Waals surface area (Å²) >= 11 is 5.66. The SMILES string of the molecule is CC(=O)NC1=CCC(O)C(Cl)=C1. The quantitative estimate of drug-likeness (QED) is 0.641. The predicted octanol–water partition coefficient (Wildman–Crippen LogP) is 0.894. The second kappa shape index (κ2) is 3.74. The van der Waals surface area contributed by atoms with Gasteiger partial charge < -0.3 is 10.4 Å². The minimum atomic E-state index is -0.621. The molecule has 2 N–H and O–H groups in total. The molecule has 3 nitrogen and oxygen atoms in total. The Morgan fingerprint density at radius 3 is 3.00 bits per heavy atom. The zero-order valence-corrected chi connectivity index (χ0v) is 7.43. The summed E-state index contributed by atoms with van der Waals surface area (Å²) in [5, 5.41) is 12.1. The smallest absolute Gasteiger partial charge is 0.221 e. The number of carbonyl (C=O) groups is 1. The Morgan fingerprint density at radius 1 is 1.83 bits per heavy atom. The number of nitrogens with one attached hydrogen (secondary N) is 1. The van der Waals surface area contributed by atoms with Gasteiger partial charge in [0, 0.05) is 17.7 Å². The summed E-state index contributed by atoms with van der Waals surface area (Å²) in [6.07, 6.45) is 3.11. The van der Waals surface area contributed by atoms with Gasteiger partial charge in [-0.2, -0.15) is 0 Å². The van der Waals surface area contributed by atoms with Crippen molar-refractivity contribution in [2.75, 3.05) is 0 Å². The Balaban J connectivity index is 2.65. The highest BCUT2D eigenvalue weighted by Gasteiger charge is 2.13. The van der Waals surface area contributed by atoms with Crippen LogP contribution in [0.15, 0.2) is 22.9 Å². The maximum Gasteiger partial charge on any atom is 0.221 e. The Morgan fingerprint density at radius 2 is 2.50 bits per heavy atom. The second-order valence-corrected chi connectivity index (χ2v) is 3.06. The van der Waals surface area contributed by atoms with Gasteiger partial charge in [0.2, 0.25) is 5.91 Å². The van der Waals surface area contributed by atoms with Gasteiger partial charge >= 0.3 is 0 Å². The highest BCUT2D eigenvalue weighted by atomic mass is 35.5. The number of amides is 1. The molecular formula is C8H10ClNO2. The van der Waals surface area contributed by atoms with Crippen LogP contribution in [0.1, 0.15) is 13.3 Å². The summed E-state index contributed by atoms with van der Waals surface area (Å²) < 4.78 is 0. The van der Waals surface area contributed by atoms with Gasteiger partial charge in [-0.3, -0.25) is 4.79 Å². The van der Waals surface area contributed by atoms with Crippen LogP contribution < -0.4 is 5.32 Å². The van der Waals surface area contributed by atoms with Crippen molar-refractivity contribution in [2.24, 2.45) is 0 Å². The lowest BCUT2D eigenvalue weighted by Gasteiger charge is -2.14. The summed E-state index contributed by atoms with van der Waals surface area (Å²) in [6, 6.07) is 0. The minimum Gasteiger partial charge on any atom is -0.387 e. The van der Waals surface area contributed by atoms with E-state index in [-0.39, 0.29) is 5.91 Å². The van der Waals surface area contributed by atoms with Crippen LogP contribution in [0.25, 0.3) is 0 Å². The first-order chi connectivity index (χ1) is 5.59. The zero-order valence-electron chi connectivity index (χ0n) is 6.67. The van der Waals surface area contributed by atoms with Crippen LogP contribution in [0, 0.1) is 0 Å². The summed E-state index contributed by atoms with van der Waals surface area (Å²) in [5.41, 5.74) is 0.651.